The molecule has 3 aliphatic rings. The second-order valence-corrected chi connectivity index (χ2v) is 14.0. The minimum absolute atomic E-state index is 0.00534. The summed E-state index contributed by atoms with van der Waals surface area (Å²) in [6.45, 7) is 9.76. The highest BCUT2D eigenvalue weighted by Crippen LogP contribution is 2.43. The predicted molar refractivity (Wildman–Crippen MR) is 168 cm³/mol. The van der Waals surface area contributed by atoms with Crippen LogP contribution in [0.15, 0.2) is 29.6 Å². The minimum Gasteiger partial charge on any atom is -0.444 e. The number of piperidine rings is 1. The number of ether oxygens (including phenoxy) is 2. The number of nitrogens with one attached hydrogen (secondary N) is 1. The number of piperazine rings is 1. The molecule has 5 rings (SSSR count). The summed E-state index contributed by atoms with van der Waals surface area (Å²) in [5, 5.41) is 14.4. The zero-order valence-electron chi connectivity index (χ0n) is 26.4. The van der Waals surface area contributed by atoms with Gasteiger partial charge in [0.1, 0.15) is 23.5 Å². The molecule has 10 nitrogen and oxygen atoms in total. The molecule has 0 spiro atoms. The number of amides is 3. The number of carbonyl (C=O) groups excluding carboxylic acids is 3. The first-order valence-electron chi connectivity index (χ1n) is 15.6. The third-order valence-electron chi connectivity index (χ3n) is 8.82. The average Bonchev–Trinajstić information content (AvgIpc) is 3.77. The van der Waals surface area contributed by atoms with Crippen molar-refractivity contribution in [3.05, 3.63) is 45.9 Å². The van der Waals surface area contributed by atoms with Gasteiger partial charge < -0.3 is 19.7 Å². The number of nitriles is 1. The molecular formula is C33H42FN5O5S. The lowest BCUT2D eigenvalue weighted by Gasteiger charge is -2.35. The van der Waals surface area contributed by atoms with Crippen molar-refractivity contribution in [2.75, 3.05) is 46.4 Å². The van der Waals surface area contributed by atoms with Crippen LogP contribution in [-0.4, -0.2) is 103 Å². The van der Waals surface area contributed by atoms with E-state index in [9.17, 15) is 19.6 Å². The molecule has 1 saturated carbocycles. The van der Waals surface area contributed by atoms with Crippen LogP contribution in [0.1, 0.15) is 55.3 Å². The summed E-state index contributed by atoms with van der Waals surface area (Å²) in [7, 11) is 1.68. The average molecular weight is 640 g/mol. The Hall–Kier alpha value is -3.53. The van der Waals surface area contributed by atoms with E-state index in [0.29, 0.717) is 35.7 Å². The molecule has 3 heterocycles. The van der Waals surface area contributed by atoms with Gasteiger partial charge in [0.25, 0.3) is 5.91 Å². The number of carbonyl (C=O) groups is 3. The van der Waals surface area contributed by atoms with E-state index in [0.717, 1.165) is 44.5 Å². The second kappa shape index (κ2) is 13.8. The standard InChI is InChI=1S/C33H42FN5O5S/c1-33(2,3)44-32(42)39-26-8-7-23(16-26)29(39)30(40)36-25(19-35)15-22-6-5-21(17-27(22)34)24-18-28(45-20-24)31(41)38-11-9-37(10-12-38)13-14-43-4/h5-6,17-18,20,23,25-26,29H,7-16H2,1-4H3,(H,36,40)/t23-,25-,26+,29-/m0/s1. The SMILES string of the molecule is COCCN1CCN(C(=O)c2cc(-c3ccc(C[C@@H](C#N)NC(=O)[C@@H]4[C@H]5CC[C@H](C5)N4C(=O)OC(C)(C)C)c(F)c3)cs2)CC1. The largest absolute Gasteiger partial charge is 0.444 e. The van der Waals surface area contributed by atoms with Crippen molar-refractivity contribution in [2.24, 2.45) is 5.92 Å². The highest BCUT2D eigenvalue weighted by atomic mass is 32.1. The molecular weight excluding hydrogens is 597 g/mol. The Balaban J connectivity index is 1.20. The molecule has 45 heavy (non-hydrogen) atoms. The molecule has 242 valence electrons. The van der Waals surface area contributed by atoms with Crippen LogP contribution in [0.2, 0.25) is 0 Å². The molecule has 1 N–H and O–H groups in total. The maximum Gasteiger partial charge on any atom is 0.411 e. The van der Waals surface area contributed by atoms with E-state index in [1.54, 1.807) is 46.1 Å². The molecule has 1 aliphatic carbocycles. The fourth-order valence-corrected chi connectivity index (χ4v) is 7.43. The van der Waals surface area contributed by atoms with Crippen LogP contribution >= 0.6 is 11.3 Å². The third-order valence-corrected chi connectivity index (χ3v) is 9.74. The highest BCUT2D eigenvalue weighted by Gasteiger charge is 2.52. The molecule has 1 aromatic heterocycles. The molecule has 3 amide bonds. The Morgan fingerprint density at radius 3 is 2.56 bits per heavy atom. The van der Waals surface area contributed by atoms with Crippen LogP contribution in [0.4, 0.5) is 9.18 Å². The molecule has 2 saturated heterocycles. The zero-order chi connectivity index (χ0) is 32.3. The summed E-state index contributed by atoms with van der Waals surface area (Å²) in [4.78, 5) is 45.7. The Morgan fingerprint density at radius 2 is 1.89 bits per heavy atom. The number of hydrogen-bond acceptors (Lipinski definition) is 8. The zero-order valence-corrected chi connectivity index (χ0v) is 27.2. The molecule has 0 unspecified atom stereocenters. The van der Waals surface area contributed by atoms with E-state index in [-0.39, 0.29) is 24.3 Å². The Labute approximate surface area is 268 Å². The van der Waals surface area contributed by atoms with Gasteiger partial charge in [0.15, 0.2) is 0 Å². The van der Waals surface area contributed by atoms with Gasteiger partial charge in [-0.3, -0.25) is 19.4 Å². The van der Waals surface area contributed by atoms with Crippen LogP contribution in [0.25, 0.3) is 11.1 Å². The van der Waals surface area contributed by atoms with Crippen molar-refractivity contribution >= 4 is 29.2 Å². The summed E-state index contributed by atoms with van der Waals surface area (Å²) in [6, 6.07) is 6.91. The Morgan fingerprint density at radius 1 is 1.13 bits per heavy atom. The summed E-state index contributed by atoms with van der Waals surface area (Å²) >= 11 is 1.34. The molecule has 12 heteroatoms. The van der Waals surface area contributed by atoms with Gasteiger partial charge in [-0.1, -0.05) is 12.1 Å². The number of fused-ring (bicyclic) bond motifs is 2. The number of rotatable bonds is 9. The molecule has 1 aromatic carbocycles. The fourth-order valence-electron chi connectivity index (χ4n) is 6.55. The maximum atomic E-state index is 15.3. The first-order chi connectivity index (χ1) is 21.5. The van der Waals surface area contributed by atoms with Crippen LogP contribution < -0.4 is 5.32 Å². The minimum atomic E-state index is -0.974. The van der Waals surface area contributed by atoms with E-state index in [1.807, 2.05) is 10.3 Å². The predicted octanol–water partition coefficient (Wildman–Crippen LogP) is 4.30. The van der Waals surface area contributed by atoms with E-state index < -0.39 is 35.5 Å². The van der Waals surface area contributed by atoms with Gasteiger partial charge in [0.05, 0.1) is 17.6 Å². The number of hydrogen-bond donors (Lipinski definition) is 1. The monoisotopic (exact) mass is 639 g/mol. The number of likely N-dealkylation sites (tertiary alicyclic amines) is 1. The number of halogens is 1. The van der Waals surface area contributed by atoms with Crippen LogP contribution in [0.5, 0.6) is 0 Å². The molecule has 3 fully saturated rings. The van der Waals surface area contributed by atoms with Gasteiger partial charge in [-0.2, -0.15) is 5.26 Å². The molecule has 0 radical (unpaired) electrons. The second-order valence-electron chi connectivity index (χ2n) is 13.1. The lowest BCUT2D eigenvalue weighted by molar-refractivity contribution is -0.128. The number of benzene rings is 1. The number of thiophene rings is 1. The molecule has 2 bridgehead atoms. The van der Waals surface area contributed by atoms with E-state index in [1.165, 1.54) is 22.3 Å². The number of methoxy groups -OCH3 is 1. The first kappa shape index (κ1) is 32.9. The normalized spacial score (nSPS) is 22.3. The fraction of sp³-hybridized carbons (Fsp3) is 0.576. The lowest BCUT2D eigenvalue weighted by Crippen LogP contribution is -2.55. The quantitative estimate of drug-likeness (QED) is 0.435. The van der Waals surface area contributed by atoms with Gasteiger partial charge in [-0.05, 0) is 80.2 Å². The van der Waals surface area contributed by atoms with Crippen molar-refractivity contribution in [3.8, 4) is 17.2 Å². The van der Waals surface area contributed by atoms with Gasteiger partial charge in [-0.15, -0.1) is 11.3 Å². The van der Waals surface area contributed by atoms with Crippen molar-refractivity contribution in [1.82, 2.24) is 20.0 Å². The Bertz CT molecular complexity index is 1440. The molecule has 2 aromatic rings. The lowest BCUT2D eigenvalue weighted by atomic mass is 9.97. The van der Waals surface area contributed by atoms with Crippen molar-refractivity contribution in [1.29, 1.82) is 5.26 Å². The topological polar surface area (TPSA) is 115 Å². The van der Waals surface area contributed by atoms with Crippen LogP contribution in [0.3, 0.4) is 0 Å². The number of nitrogens with zero attached hydrogens (tertiary/aromatic N) is 4. The van der Waals surface area contributed by atoms with Gasteiger partial charge >= 0.3 is 6.09 Å². The van der Waals surface area contributed by atoms with Gasteiger partial charge in [-0.25, -0.2) is 9.18 Å². The van der Waals surface area contributed by atoms with Crippen molar-refractivity contribution in [3.63, 3.8) is 0 Å². The first-order valence-corrected chi connectivity index (χ1v) is 16.4. The summed E-state index contributed by atoms with van der Waals surface area (Å²) in [5.74, 6) is -0.930. The van der Waals surface area contributed by atoms with Crippen molar-refractivity contribution < 1.29 is 28.2 Å². The third kappa shape index (κ3) is 7.65. The van der Waals surface area contributed by atoms with Crippen molar-refractivity contribution in [2.45, 2.75) is 70.2 Å². The molecule has 2 aliphatic heterocycles. The van der Waals surface area contributed by atoms with Gasteiger partial charge in [0, 0.05) is 52.3 Å². The van der Waals surface area contributed by atoms with Crippen LogP contribution in [-0.2, 0) is 20.7 Å². The molecule has 4 atom stereocenters. The van der Waals surface area contributed by atoms with Gasteiger partial charge in [0.2, 0.25) is 5.91 Å². The summed E-state index contributed by atoms with van der Waals surface area (Å²) in [5.41, 5.74) is 0.971. The summed E-state index contributed by atoms with van der Waals surface area (Å²) in [6.07, 6.45) is 1.83. The Kier molecular flexibility index (Phi) is 10.1. The van der Waals surface area contributed by atoms with Crippen LogP contribution in [0, 0.1) is 23.1 Å². The summed E-state index contributed by atoms with van der Waals surface area (Å²) < 4.78 is 26.0. The van der Waals surface area contributed by atoms with E-state index in [2.05, 4.69) is 16.3 Å². The maximum absolute atomic E-state index is 15.3. The smallest absolute Gasteiger partial charge is 0.411 e. The van der Waals surface area contributed by atoms with E-state index >= 15 is 4.39 Å². The van der Waals surface area contributed by atoms with E-state index in [4.69, 9.17) is 9.47 Å². The highest BCUT2D eigenvalue weighted by molar-refractivity contribution is 7.12.